The number of rotatable bonds is 2. The highest BCUT2D eigenvalue weighted by atomic mass is 16.1. The average molecular weight is 180 g/mol. The highest BCUT2D eigenvalue weighted by molar-refractivity contribution is 5.85. The first kappa shape index (κ1) is 9.23. The maximum atomic E-state index is 11.5. The first-order chi connectivity index (χ1) is 5.96. The quantitative estimate of drug-likeness (QED) is 0.638. The van der Waals surface area contributed by atoms with Gasteiger partial charge in [-0.15, -0.1) is 0 Å². The van der Waals surface area contributed by atoms with Crippen molar-refractivity contribution in [3.63, 3.8) is 0 Å². The molecule has 1 heteroatoms. The van der Waals surface area contributed by atoms with Crippen LogP contribution in [0.15, 0.2) is 0 Å². The summed E-state index contributed by atoms with van der Waals surface area (Å²) in [6.07, 6.45) is 6.21. The van der Waals surface area contributed by atoms with Crippen molar-refractivity contribution in [1.29, 1.82) is 0 Å². The molecule has 0 aromatic carbocycles. The molecule has 1 nitrogen and oxygen atoms in total. The Balaban J connectivity index is 2.08. The Bertz CT molecular complexity index is 236. The van der Waals surface area contributed by atoms with Crippen molar-refractivity contribution < 1.29 is 4.79 Å². The van der Waals surface area contributed by atoms with Gasteiger partial charge in [0.25, 0.3) is 0 Å². The van der Waals surface area contributed by atoms with Gasteiger partial charge in [0, 0.05) is 5.41 Å². The molecule has 0 bridgehead atoms. The Morgan fingerprint density at radius 1 is 1.23 bits per heavy atom. The molecule has 1 unspecified atom stereocenters. The van der Waals surface area contributed by atoms with E-state index in [-0.39, 0.29) is 5.41 Å². The third kappa shape index (κ3) is 1.43. The zero-order chi connectivity index (χ0) is 9.69. The van der Waals surface area contributed by atoms with Gasteiger partial charge in [0.2, 0.25) is 0 Å². The fraction of sp³-hybridized carbons (Fsp3) is 0.917. The molecule has 74 valence electrons. The van der Waals surface area contributed by atoms with E-state index in [1.165, 1.54) is 32.1 Å². The summed E-state index contributed by atoms with van der Waals surface area (Å²) >= 11 is 0. The van der Waals surface area contributed by atoms with E-state index < -0.39 is 0 Å². The second-order valence-electron chi connectivity index (χ2n) is 5.82. The fourth-order valence-electron chi connectivity index (χ4n) is 3.09. The summed E-state index contributed by atoms with van der Waals surface area (Å²) in [4.78, 5) is 11.5. The summed E-state index contributed by atoms with van der Waals surface area (Å²) < 4.78 is 0. The van der Waals surface area contributed by atoms with Crippen LogP contribution in [-0.4, -0.2) is 5.78 Å². The smallest absolute Gasteiger partial charge is 0.136 e. The fourth-order valence-corrected chi connectivity index (χ4v) is 3.09. The van der Waals surface area contributed by atoms with Crippen LogP contribution in [0.2, 0.25) is 0 Å². The Hall–Kier alpha value is -0.330. The molecule has 0 radical (unpaired) electrons. The lowest BCUT2D eigenvalue weighted by atomic mass is 9.81. The van der Waals surface area contributed by atoms with Gasteiger partial charge in [-0.2, -0.15) is 0 Å². The molecule has 0 spiro atoms. The molecular formula is C12H20O. The summed E-state index contributed by atoms with van der Waals surface area (Å²) in [5.41, 5.74) is 0.642. The van der Waals surface area contributed by atoms with Crippen molar-refractivity contribution in [2.24, 2.45) is 16.7 Å². The van der Waals surface area contributed by atoms with Crippen LogP contribution in [0, 0.1) is 16.7 Å². The van der Waals surface area contributed by atoms with Gasteiger partial charge in [-0.05, 0) is 50.4 Å². The Morgan fingerprint density at radius 3 is 2.15 bits per heavy atom. The molecule has 0 aromatic rings. The summed E-state index contributed by atoms with van der Waals surface area (Å²) in [7, 11) is 0. The number of carbonyl (C=O) groups excluding carboxylic acids is 1. The van der Waals surface area contributed by atoms with Crippen molar-refractivity contribution in [3.05, 3.63) is 0 Å². The van der Waals surface area contributed by atoms with Gasteiger partial charge >= 0.3 is 0 Å². The minimum absolute atomic E-state index is 0.147. The number of Topliss-reactive ketones (excluding diaryl/α,β-unsaturated/α-hetero) is 1. The molecule has 2 saturated carbocycles. The predicted molar refractivity (Wildman–Crippen MR) is 53.5 cm³/mol. The monoisotopic (exact) mass is 180 g/mol. The first-order valence-corrected chi connectivity index (χ1v) is 5.47. The van der Waals surface area contributed by atoms with Gasteiger partial charge in [-0.1, -0.05) is 13.8 Å². The van der Waals surface area contributed by atoms with E-state index in [0.29, 0.717) is 17.1 Å². The van der Waals surface area contributed by atoms with E-state index in [1.807, 2.05) is 0 Å². The zero-order valence-corrected chi connectivity index (χ0v) is 9.02. The number of hydrogen-bond acceptors (Lipinski definition) is 1. The van der Waals surface area contributed by atoms with E-state index in [4.69, 9.17) is 0 Å². The van der Waals surface area contributed by atoms with E-state index in [0.717, 1.165) is 0 Å². The molecule has 2 rings (SSSR count). The van der Waals surface area contributed by atoms with Crippen LogP contribution in [0.1, 0.15) is 52.9 Å². The average Bonchev–Trinajstić information content (AvgIpc) is 2.73. The topological polar surface area (TPSA) is 17.1 Å². The molecular weight excluding hydrogens is 160 g/mol. The van der Waals surface area contributed by atoms with Gasteiger partial charge < -0.3 is 0 Å². The number of carbonyl (C=O) groups is 1. The van der Waals surface area contributed by atoms with E-state index in [1.54, 1.807) is 6.92 Å². The van der Waals surface area contributed by atoms with E-state index in [2.05, 4.69) is 13.8 Å². The molecule has 0 aromatic heterocycles. The minimum Gasteiger partial charge on any atom is -0.299 e. The van der Waals surface area contributed by atoms with Crippen molar-refractivity contribution in [2.75, 3.05) is 0 Å². The molecule has 0 saturated heterocycles. The molecule has 0 heterocycles. The van der Waals surface area contributed by atoms with Crippen molar-refractivity contribution in [2.45, 2.75) is 52.9 Å². The van der Waals surface area contributed by atoms with Crippen LogP contribution in [0.3, 0.4) is 0 Å². The highest BCUT2D eigenvalue weighted by Gasteiger charge is 2.55. The van der Waals surface area contributed by atoms with Crippen molar-refractivity contribution >= 4 is 5.78 Å². The van der Waals surface area contributed by atoms with Gasteiger partial charge in [-0.25, -0.2) is 0 Å². The third-order valence-corrected chi connectivity index (χ3v) is 4.24. The first-order valence-electron chi connectivity index (χ1n) is 5.47. The third-order valence-electron chi connectivity index (χ3n) is 4.24. The largest absolute Gasteiger partial charge is 0.299 e. The van der Waals surface area contributed by atoms with Crippen LogP contribution >= 0.6 is 0 Å². The lowest BCUT2D eigenvalue weighted by molar-refractivity contribution is -0.123. The van der Waals surface area contributed by atoms with Crippen molar-refractivity contribution in [3.8, 4) is 0 Å². The standard InChI is InChI=1S/C12H20O/c1-9(13)12(6-7-12)10-4-5-11(2,3)8-10/h10H,4-8H2,1-3H3. The van der Waals surface area contributed by atoms with Crippen LogP contribution in [-0.2, 0) is 4.79 Å². The Morgan fingerprint density at radius 2 is 1.85 bits per heavy atom. The van der Waals surface area contributed by atoms with Gasteiger partial charge in [-0.3, -0.25) is 4.79 Å². The predicted octanol–water partition coefficient (Wildman–Crippen LogP) is 3.18. The van der Waals surface area contributed by atoms with Crippen LogP contribution in [0.25, 0.3) is 0 Å². The summed E-state index contributed by atoms with van der Waals surface area (Å²) in [6.45, 7) is 6.46. The molecule has 0 N–H and O–H groups in total. The normalized spacial score (nSPS) is 34.5. The SMILES string of the molecule is CC(=O)C1(C2CCC(C)(C)C2)CC1. The van der Waals surface area contributed by atoms with Gasteiger partial charge in [0.15, 0.2) is 0 Å². The Labute approximate surface area is 80.9 Å². The molecule has 13 heavy (non-hydrogen) atoms. The second kappa shape index (κ2) is 2.59. The molecule has 2 fully saturated rings. The van der Waals surface area contributed by atoms with E-state index >= 15 is 0 Å². The Kier molecular flexibility index (Phi) is 1.84. The molecule has 2 aliphatic rings. The van der Waals surface area contributed by atoms with E-state index in [9.17, 15) is 4.79 Å². The molecule has 1 atom stereocenters. The molecule has 0 aliphatic heterocycles. The summed E-state index contributed by atoms with van der Waals surface area (Å²) in [6, 6.07) is 0. The number of ketones is 1. The number of hydrogen-bond donors (Lipinski definition) is 0. The highest BCUT2D eigenvalue weighted by Crippen LogP contribution is 2.60. The lowest BCUT2D eigenvalue weighted by Gasteiger charge is -2.22. The summed E-state index contributed by atoms with van der Waals surface area (Å²) in [5.74, 6) is 1.16. The van der Waals surface area contributed by atoms with Gasteiger partial charge in [0.05, 0.1) is 0 Å². The maximum Gasteiger partial charge on any atom is 0.136 e. The lowest BCUT2D eigenvalue weighted by Crippen LogP contribution is -2.22. The van der Waals surface area contributed by atoms with Crippen LogP contribution < -0.4 is 0 Å². The molecule has 2 aliphatic carbocycles. The maximum absolute atomic E-state index is 11.5. The minimum atomic E-state index is 0.147. The zero-order valence-electron chi connectivity index (χ0n) is 9.02. The second-order valence-corrected chi connectivity index (χ2v) is 5.82. The van der Waals surface area contributed by atoms with Crippen LogP contribution in [0.5, 0.6) is 0 Å². The summed E-state index contributed by atoms with van der Waals surface area (Å²) in [5, 5.41) is 0. The molecule has 0 amide bonds. The van der Waals surface area contributed by atoms with Crippen molar-refractivity contribution in [1.82, 2.24) is 0 Å². The van der Waals surface area contributed by atoms with Crippen LogP contribution in [0.4, 0.5) is 0 Å². The van der Waals surface area contributed by atoms with Gasteiger partial charge in [0.1, 0.15) is 5.78 Å².